The summed E-state index contributed by atoms with van der Waals surface area (Å²) in [4.78, 5) is 22.7. The summed E-state index contributed by atoms with van der Waals surface area (Å²) >= 11 is 0. The average Bonchev–Trinajstić information content (AvgIpc) is 2.69. The number of ether oxygens (including phenoxy) is 2. The number of amides is 1. The van der Waals surface area contributed by atoms with Crippen molar-refractivity contribution in [1.29, 1.82) is 0 Å². The number of methoxy groups -OCH3 is 1. The van der Waals surface area contributed by atoms with Crippen molar-refractivity contribution in [1.82, 2.24) is 5.32 Å². The average molecular weight is 370 g/mol. The van der Waals surface area contributed by atoms with E-state index in [9.17, 15) is 14.9 Å². The minimum absolute atomic E-state index is 0.125. The van der Waals surface area contributed by atoms with Gasteiger partial charge in [-0.3, -0.25) is 14.9 Å². The third-order valence-corrected chi connectivity index (χ3v) is 3.71. The molecule has 7 heteroatoms. The number of hydrogen-bond acceptors (Lipinski definition) is 5. The zero-order valence-corrected chi connectivity index (χ0v) is 15.3. The van der Waals surface area contributed by atoms with Gasteiger partial charge in [-0.1, -0.05) is 31.2 Å². The molecule has 1 N–H and O–H groups in total. The van der Waals surface area contributed by atoms with Gasteiger partial charge < -0.3 is 14.8 Å². The van der Waals surface area contributed by atoms with E-state index in [1.807, 2.05) is 31.2 Å². The van der Waals surface area contributed by atoms with E-state index in [4.69, 9.17) is 9.47 Å². The standard InChI is InChI=1S/C20H22N2O5/c1-3-12-27-19-10-8-15(13-17(19)22(24)25)9-11-20(23)21-14-16-6-4-5-7-18(16)26-2/h4-11,13H,3,12,14H2,1-2H3,(H,21,23)/b11-9+. The van der Waals surface area contributed by atoms with Crippen LogP contribution in [0.4, 0.5) is 5.69 Å². The van der Waals surface area contributed by atoms with Crippen LogP contribution in [0.1, 0.15) is 24.5 Å². The maximum Gasteiger partial charge on any atom is 0.311 e. The SMILES string of the molecule is CCCOc1ccc(/C=C/C(=O)NCc2ccccc2OC)cc1[N+](=O)[O-]. The molecule has 0 aliphatic rings. The summed E-state index contributed by atoms with van der Waals surface area (Å²) in [5, 5.41) is 14.0. The molecule has 0 heterocycles. The van der Waals surface area contributed by atoms with Crippen molar-refractivity contribution in [2.45, 2.75) is 19.9 Å². The summed E-state index contributed by atoms with van der Waals surface area (Å²) in [5.41, 5.74) is 1.27. The van der Waals surface area contributed by atoms with Gasteiger partial charge in [0.05, 0.1) is 18.6 Å². The molecule has 7 nitrogen and oxygen atoms in total. The number of carbonyl (C=O) groups is 1. The van der Waals surface area contributed by atoms with Crippen LogP contribution in [-0.2, 0) is 11.3 Å². The summed E-state index contributed by atoms with van der Waals surface area (Å²) in [6.45, 7) is 2.64. The molecule has 0 atom stereocenters. The van der Waals surface area contributed by atoms with E-state index in [1.54, 1.807) is 19.2 Å². The van der Waals surface area contributed by atoms with Gasteiger partial charge in [0.25, 0.3) is 0 Å². The lowest BCUT2D eigenvalue weighted by Gasteiger charge is -2.08. The van der Waals surface area contributed by atoms with Gasteiger partial charge in [-0.25, -0.2) is 0 Å². The number of hydrogen-bond donors (Lipinski definition) is 1. The van der Waals surface area contributed by atoms with Gasteiger partial charge in [-0.15, -0.1) is 0 Å². The molecule has 0 unspecified atom stereocenters. The van der Waals surface area contributed by atoms with Crippen molar-refractivity contribution < 1.29 is 19.2 Å². The molecule has 2 aromatic rings. The molecule has 0 spiro atoms. The van der Waals surface area contributed by atoms with Gasteiger partial charge in [-0.2, -0.15) is 0 Å². The highest BCUT2D eigenvalue weighted by molar-refractivity contribution is 5.91. The highest BCUT2D eigenvalue weighted by Gasteiger charge is 2.15. The minimum atomic E-state index is -0.496. The number of nitro groups is 1. The quantitative estimate of drug-likeness (QED) is 0.413. The van der Waals surface area contributed by atoms with Crippen LogP contribution >= 0.6 is 0 Å². The Morgan fingerprint density at radius 2 is 2.00 bits per heavy atom. The number of rotatable bonds is 9. The zero-order valence-electron chi connectivity index (χ0n) is 15.3. The Bertz CT molecular complexity index is 833. The number of para-hydroxylation sites is 1. The lowest BCUT2D eigenvalue weighted by Crippen LogP contribution is -2.20. The molecular formula is C20H22N2O5. The molecule has 0 fully saturated rings. The molecular weight excluding hydrogens is 348 g/mol. The topological polar surface area (TPSA) is 90.7 Å². The van der Waals surface area contributed by atoms with Gasteiger partial charge in [-0.05, 0) is 30.2 Å². The normalized spacial score (nSPS) is 10.6. The summed E-state index contributed by atoms with van der Waals surface area (Å²) in [7, 11) is 1.57. The van der Waals surface area contributed by atoms with E-state index >= 15 is 0 Å². The molecule has 27 heavy (non-hydrogen) atoms. The Hall–Kier alpha value is -3.35. The lowest BCUT2D eigenvalue weighted by atomic mass is 10.1. The molecule has 2 rings (SSSR count). The summed E-state index contributed by atoms with van der Waals surface area (Å²) in [6, 6.07) is 12.0. The molecule has 0 bridgehead atoms. The van der Waals surface area contributed by atoms with E-state index < -0.39 is 4.92 Å². The van der Waals surface area contributed by atoms with Crippen LogP contribution in [0.5, 0.6) is 11.5 Å². The molecule has 1 amide bonds. The third kappa shape index (κ3) is 5.85. The number of benzene rings is 2. The number of nitrogens with one attached hydrogen (secondary N) is 1. The summed E-state index contributed by atoms with van der Waals surface area (Å²) in [6.07, 6.45) is 3.61. The predicted molar refractivity (Wildman–Crippen MR) is 103 cm³/mol. The van der Waals surface area contributed by atoms with Crippen molar-refractivity contribution in [2.24, 2.45) is 0 Å². The molecule has 0 aromatic heterocycles. The summed E-state index contributed by atoms with van der Waals surface area (Å²) < 4.78 is 10.6. The van der Waals surface area contributed by atoms with Gasteiger partial charge in [0.2, 0.25) is 5.91 Å². The minimum Gasteiger partial charge on any atom is -0.496 e. The first-order valence-corrected chi connectivity index (χ1v) is 8.54. The first kappa shape index (κ1) is 20.0. The third-order valence-electron chi connectivity index (χ3n) is 3.71. The van der Waals surface area contributed by atoms with E-state index in [0.29, 0.717) is 24.5 Å². The Morgan fingerprint density at radius 3 is 2.70 bits per heavy atom. The molecule has 0 aliphatic heterocycles. The fraction of sp³-hybridized carbons (Fsp3) is 0.250. The summed E-state index contributed by atoms with van der Waals surface area (Å²) in [5.74, 6) is 0.606. The molecule has 0 saturated heterocycles. The first-order chi connectivity index (χ1) is 13.0. The van der Waals surface area contributed by atoms with Crippen molar-refractivity contribution >= 4 is 17.7 Å². The monoisotopic (exact) mass is 370 g/mol. The Balaban J connectivity index is 2.02. The molecule has 0 aliphatic carbocycles. The Labute approximate surface area is 157 Å². The largest absolute Gasteiger partial charge is 0.496 e. The van der Waals surface area contributed by atoms with Crippen LogP contribution in [-0.4, -0.2) is 24.5 Å². The smallest absolute Gasteiger partial charge is 0.311 e. The second-order valence-corrected chi connectivity index (χ2v) is 5.70. The number of carbonyl (C=O) groups excluding carboxylic acids is 1. The fourth-order valence-corrected chi connectivity index (χ4v) is 2.38. The number of nitrogens with zero attached hydrogens (tertiary/aromatic N) is 1. The van der Waals surface area contributed by atoms with Crippen LogP contribution in [0.15, 0.2) is 48.5 Å². The lowest BCUT2D eigenvalue weighted by molar-refractivity contribution is -0.385. The maximum atomic E-state index is 12.0. The fourth-order valence-electron chi connectivity index (χ4n) is 2.38. The van der Waals surface area contributed by atoms with Crippen molar-refractivity contribution in [3.05, 3.63) is 69.8 Å². The van der Waals surface area contributed by atoms with E-state index in [0.717, 1.165) is 12.0 Å². The van der Waals surface area contributed by atoms with Gasteiger partial charge in [0.1, 0.15) is 5.75 Å². The van der Waals surface area contributed by atoms with Gasteiger partial charge in [0, 0.05) is 24.3 Å². The highest BCUT2D eigenvalue weighted by Crippen LogP contribution is 2.28. The van der Waals surface area contributed by atoms with Crippen LogP contribution in [0.2, 0.25) is 0 Å². The van der Waals surface area contributed by atoms with Crippen molar-refractivity contribution in [3.8, 4) is 11.5 Å². The molecule has 142 valence electrons. The van der Waals surface area contributed by atoms with Crippen LogP contribution < -0.4 is 14.8 Å². The predicted octanol–water partition coefficient (Wildman–Crippen LogP) is 3.72. The Kier molecular flexibility index (Phi) is 7.37. The second kappa shape index (κ2) is 9.96. The second-order valence-electron chi connectivity index (χ2n) is 5.70. The van der Waals surface area contributed by atoms with E-state index in [2.05, 4.69) is 5.32 Å². The molecule has 0 saturated carbocycles. The molecule has 0 radical (unpaired) electrons. The molecule has 2 aromatic carbocycles. The van der Waals surface area contributed by atoms with Crippen molar-refractivity contribution in [3.63, 3.8) is 0 Å². The zero-order chi connectivity index (χ0) is 19.6. The highest BCUT2D eigenvalue weighted by atomic mass is 16.6. The first-order valence-electron chi connectivity index (χ1n) is 8.54. The van der Waals surface area contributed by atoms with Crippen molar-refractivity contribution in [2.75, 3.05) is 13.7 Å². The number of nitro benzene ring substituents is 1. The maximum absolute atomic E-state index is 12.0. The van der Waals surface area contributed by atoms with E-state index in [-0.39, 0.29) is 17.3 Å². The van der Waals surface area contributed by atoms with Crippen LogP contribution in [0.25, 0.3) is 6.08 Å². The van der Waals surface area contributed by atoms with E-state index in [1.165, 1.54) is 18.2 Å². The van der Waals surface area contributed by atoms with Gasteiger partial charge in [0.15, 0.2) is 5.75 Å². The Morgan fingerprint density at radius 1 is 1.22 bits per heavy atom. The van der Waals surface area contributed by atoms with Gasteiger partial charge >= 0.3 is 5.69 Å². The van der Waals surface area contributed by atoms with Crippen LogP contribution in [0.3, 0.4) is 0 Å². The van der Waals surface area contributed by atoms with Crippen LogP contribution in [0, 0.1) is 10.1 Å².